The van der Waals surface area contributed by atoms with Gasteiger partial charge in [-0.3, -0.25) is 19.2 Å². The standard InChI is InChI=1S/C35H31F3N4O4/c36-35(37,38)26-16-12-23(13-17-26)28-8-4-5-9-29(28)33(45)41-27-18-14-25(15-19-27)32(44)40-21-30(43)42-31(24-6-2-1-3-7-24)34(46)39-20-22-10-11-22/h1-9,12-19,22,31H,10-11,20-21H2,(H,39,46)(H,40,44)(H,41,45)(H,42,43)/t31-/m0/s1. The number of carbonyl (C=O) groups is 4. The second kappa shape index (κ2) is 14.1. The zero-order valence-electron chi connectivity index (χ0n) is 24.6. The number of amides is 4. The summed E-state index contributed by atoms with van der Waals surface area (Å²) < 4.78 is 39.0. The minimum Gasteiger partial charge on any atom is -0.354 e. The first-order chi connectivity index (χ1) is 22.1. The molecule has 4 amide bonds. The summed E-state index contributed by atoms with van der Waals surface area (Å²) in [6, 6.07) is 25.0. The van der Waals surface area contributed by atoms with Crippen molar-refractivity contribution in [2.24, 2.45) is 5.92 Å². The molecule has 0 bridgehead atoms. The lowest BCUT2D eigenvalue weighted by atomic mass is 9.98. The van der Waals surface area contributed by atoms with Crippen LogP contribution >= 0.6 is 0 Å². The molecule has 1 aliphatic rings. The highest BCUT2D eigenvalue weighted by atomic mass is 19.4. The third kappa shape index (κ3) is 8.38. The van der Waals surface area contributed by atoms with Crippen LogP contribution in [0, 0.1) is 5.92 Å². The number of hydrogen-bond acceptors (Lipinski definition) is 4. The van der Waals surface area contributed by atoms with Gasteiger partial charge in [0.1, 0.15) is 6.04 Å². The van der Waals surface area contributed by atoms with E-state index in [9.17, 15) is 32.3 Å². The predicted octanol–water partition coefficient (Wildman–Crippen LogP) is 5.74. The van der Waals surface area contributed by atoms with Crippen LogP contribution < -0.4 is 21.3 Å². The third-order valence-electron chi connectivity index (χ3n) is 7.47. The first kappa shape index (κ1) is 32.0. The summed E-state index contributed by atoms with van der Waals surface area (Å²) >= 11 is 0. The fraction of sp³-hybridized carbons (Fsp3) is 0.200. The first-order valence-corrected chi connectivity index (χ1v) is 14.7. The molecule has 4 aromatic rings. The largest absolute Gasteiger partial charge is 0.416 e. The Morgan fingerprint density at radius 1 is 0.739 bits per heavy atom. The van der Waals surface area contributed by atoms with Gasteiger partial charge in [-0.25, -0.2) is 0 Å². The maximum atomic E-state index is 13.1. The molecule has 4 N–H and O–H groups in total. The van der Waals surface area contributed by atoms with Crippen LogP contribution in [0.1, 0.15) is 50.7 Å². The van der Waals surface area contributed by atoms with Crippen LogP contribution in [0.2, 0.25) is 0 Å². The van der Waals surface area contributed by atoms with Gasteiger partial charge in [-0.2, -0.15) is 13.2 Å². The van der Waals surface area contributed by atoms with Crippen LogP contribution in [0.3, 0.4) is 0 Å². The summed E-state index contributed by atoms with van der Waals surface area (Å²) in [5, 5.41) is 10.8. The molecule has 1 atom stereocenters. The molecular formula is C35H31F3N4O4. The van der Waals surface area contributed by atoms with E-state index >= 15 is 0 Å². The van der Waals surface area contributed by atoms with Crippen molar-refractivity contribution in [2.45, 2.75) is 25.1 Å². The van der Waals surface area contributed by atoms with Gasteiger partial charge in [0, 0.05) is 23.4 Å². The summed E-state index contributed by atoms with van der Waals surface area (Å²) in [6.45, 7) is 0.189. The van der Waals surface area contributed by atoms with Gasteiger partial charge in [0.05, 0.1) is 12.1 Å². The van der Waals surface area contributed by atoms with E-state index in [-0.39, 0.29) is 23.6 Å². The molecule has 0 radical (unpaired) electrons. The summed E-state index contributed by atoms with van der Waals surface area (Å²) in [7, 11) is 0. The SMILES string of the molecule is O=C(CNC(=O)c1ccc(NC(=O)c2ccccc2-c2ccc(C(F)(F)F)cc2)cc1)N[C@H](C(=O)NCC1CC1)c1ccccc1. The third-order valence-corrected chi connectivity index (χ3v) is 7.47. The van der Waals surface area contributed by atoms with E-state index in [4.69, 9.17) is 0 Å². The van der Waals surface area contributed by atoms with E-state index in [1.165, 1.54) is 36.4 Å². The Morgan fingerprint density at radius 3 is 2.04 bits per heavy atom. The Balaban J connectivity index is 1.17. The van der Waals surface area contributed by atoms with Crippen LogP contribution in [0.15, 0.2) is 103 Å². The molecule has 0 aliphatic heterocycles. The maximum Gasteiger partial charge on any atom is 0.416 e. The van der Waals surface area contributed by atoms with Crippen LogP contribution in [-0.2, 0) is 15.8 Å². The highest BCUT2D eigenvalue weighted by Crippen LogP contribution is 2.32. The van der Waals surface area contributed by atoms with Gasteiger partial charge >= 0.3 is 6.18 Å². The second-order valence-electron chi connectivity index (χ2n) is 10.9. The average Bonchev–Trinajstić information content (AvgIpc) is 3.90. The summed E-state index contributed by atoms with van der Waals surface area (Å²) in [5.74, 6) is -1.41. The average molecular weight is 629 g/mol. The maximum absolute atomic E-state index is 13.1. The Bertz CT molecular complexity index is 1700. The van der Waals surface area contributed by atoms with Crippen molar-refractivity contribution in [1.29, 1.82) is 0 Å². The van der Waals surface area contributed by atoms with Crippen LogP contribution in [0.5, 0.6) is 0 Å². The van der Waals surface area contributed by atoms with Crippen molar-refractivity contribution in [3.8, 4) is 11.1 Å². The smallest absolute Gasteiger partial charge is 0.354 e. The van der Waals surface area contributed by atoms with E-state index in [1.54, 1.807) is 48.5 Å². The van der Waals surface area contributed by atoms with Gasteiger partial charge < -0.3 is 21.3 Å². The highest BCUT2D eigenvalue weighted by Gasteiger charge is 2.30. The van der Waals surface area contributed by atoms with E-state index in [0.717, 1.165) is 25.0 Å². The molecule has 0 unspecified atom stereocenters. The molecule has 236 valence electrons. The number of alkyl halides is 3. The highest BCUT2D eigenvalue weighted by molar-refractivity contribution is 6.09. The number of nitrogens with one attached hydrogen (secondary N) is 4. The molecule has 0 spiro atoms. The molecule has 5 rings (SSSR count). The van der Waals surface area contributed by atoms with Crippen molar-refractivity contribution in [1.82, 2.24) is 16.0 Å². The van der Waals surface area contributed by atoms with Gasteiger partial charge in [0.2, 0.25) is 11.8 Å². The Hall–Kier alpha value is -5.45. The minimum absolute atomic E-state index is 0.234. The normalized spacial score (nSPS) is 13.3. The topological polar surface area (TPSA) is 116 Å². The number of anilines is 1. The zero-order chi connectivity index (χ0) is 32.7. The molecule has 1 aliphatic carbocycles. The summed E-state index contributed by atoms with van der Waals surface area (Å²) in [5.41, 5.74) is 1.61. The summed E-state index contributed by atoms with van der Waals surface area (Å²) in [6.07, 6.45) is -2.33. The fourth-order valence-electron chi connectivity index (χ4n) is 4.76. The van der Waals surface area contributed by atoms with Gasteiger partial charge in [0.25, 0.3) is 11.8 Å². The molecular weight excluding hydrogens is 597 g/mol. The molecule has 1 saturated carbocycles. The quantitative estimate of drug-likeness (QED) is 0.170. The van der Waals surface area contributed by atoms with Crippen molar-refractivity contribution in [3.05, 3.63) is 125 Å². The number of hydrogen-bond donors (Lipinski definition) is 4. The molecule has 46 heavy (non-hydrogen) atoms. The van der Waals surface area contributed by atoms with Crippen LogP contribution in [0.4, 0.5) is 18.9 Å². The molecule has 1 fully saturated rings. The van der Waals surface area contributed by atoms with Crippen molar-refractivity contribution >= 4 is 29.3 Å². The van der Waals surface area contributed by atoms with E-state index in [2.05, 4.69) is 21.3 Å². The number of halogens is 3. The monoisotopic (exact) mass is 628 g/mol. The Morgan fingerprint density at radius 2 is 1.39 bits per heavy atom. The van der Waals surface area contributed by atoms with Crippen LogP contribution in [0.25, 0.3) is 11.1 Å². The van der Waals surface area contributed by atoms with E-state index < -0.39 is 35.5 Å². The molecule has 8 nitrogen and oxygen atoms in total. The molecule has 0 aromatic heterocycles. The fourth-order valence-corrected chi connectivity index (χ4v) is 4.76. The molecule has 11 heteroatoms. The Labute approximate surface area is 263 Å². The molecule has 0 heterocycles. The summed E-state index contributed by atoms with van der Waals surface area (Å²) in [4.78, 5) is 51.4. The van der Waals surface area contributed by atoms with Crippen LogP contribution in [-0.4, -0.2) is 36.7 Å². The predicted molar refractivity (Wildman–Crippen MR) is 167 cm³/mol. The van der Waals surface area contributed by atoms with Gasteiger partial charge in [0.15, 0.2) is 0 Å². The zero-order valence-corrected chi connectivity index (χ0v) is 24.6. The lowest BCUT2D eigenvalue weighted by molar-refractivity contribution is -0.137. The first-order valence-electron chi connectivity index (χ1n) is 14.7. The van der Waals surface area contributed by atoms with Crippen molar-refractivity contribution in [2.75, 3.05) is 18.4 Å². The number of benzene rings is 4. The second-order valence-corrected chi connectivity index (χ2v) is 10.9. The Kier molecular flexibility index (Phi) is 9.80. The lowest BCUT2D eigenvalue weighted by Crippen LogP contribution is -2.44. The van der Waals surface area contributed by atoms with Gasteiger partial charge in [-0.05, 0) is 77.9 Å². The lowest BCUT2D eigenvalue weighted by Gasteiger charge is -2.19. The van der Waals surface area contributed by atoms with Gasteiger partial charge in [-0.15, -0.1) is 0 Å². The van der Waals surface area contributed by atoms with E-state index in [0.29, 0.717) is 34.8 Å². The number of carbonyl (C=O) groups excluding carboxylic acids is 4. The van der Waals surface area contributed by atoms with Crippen molar-refractivity contribution < 1.29 is 32.3 Å². The van der Waals surface area contributed by atoms with Gasteiger partial charge in [-0.1, -0.05) is 60.7 Å². The molecule has 4 aromatic carbocycles. The molecule has 0 saturated heterocycles. The van der Waals surface area contributed by atoms with E-state index in [1.807, 2.05) is 6.07 Å². The van der Waals surface area contributed by atoms with Crippen molar-refractivity contribution in [3.63, 3.8) is 0 Å². The minimum atomic E-state index is -4.47. The number of rotatable bonds is 11.